The van der Waals surface area contributed by atoms with Gasteiger partial charge in [0.15, 0.2) is 0 Å². The molecule has 156 valence electrons. The number of likely N-dealkylation sites (tertiary alicyclic amines) is 1. The number of hydrogen-bond donors (Lipinski definition) is 2. The van der Waals surface area contributed by atoms with Crippen LogP contribution in [0.5, 0.6) is 0 Å². The minimum absolute atomic E-state index is 0.0121. The normalized spacial score (nSPS) is 18.5. The van der Waals surface area contributed by atoms with Crippen molar-refractivity contribution in [2.75, 3.05) is 19.6 Å². The SMILES string of the molecule is CCCC(C)NC(=O)C1CCCN(C(=O)c2cccc(S(=O)(=O)NCC)c2)C1. The molecule has 28 heavy (non-hydrogen) atoms. The molecule has 1 aromatic rings. The van der Waals surface area contributed by atoms with Gasteiger partial charge in [0.1, 0.15) is 0 Å². The largest absolute Gasteiger partial charge is 0.353 e. The number of rotatable bonds is 8. The molecular weight excluding hydrogens is 378 g/mol. The predicted molar refractivity (Wildman–Crippen MR) is 108 cm³/mol. The van der Waals surface area contributed by atoms with Crippen molar-refractivity contribution in [3.8, 4) is 0 Å². The second-order valence-electron chi connectivity index (χ2n) is 7.32. The van der Waals surface area contributed by atoms with Crippen LogP contribution in [0.2, 0.25) is 0 Å². The van der Waals surface area contributed by atoms with E-state index >= 15 is 0 Å². The Morgan fingerprint density at radius 2 is 2.04 bits per heavy atom. The van der Waals surface area contributed by atoms with Crippen LogP contribution in [0.3, 0.4) is 0 Å². The Balaban J connectivity index is 2.09. The Morgan fingerprint density at radius 1 is 1.29 bits per heavy atom. The summed E-state index contributed by atoms with van der Waals surface area (Å²) in [4.78, 5) is 27.1. The van der Waals surface area contributed by atoms with Crippen LogP contribution < -0.4 is 10.0 Å². The average molecular weight is 410 g/mol. The van der Waals surface area contributed by atoms with Crippen molar-refractivity contribution in [1.82, 2.24) is 14.9 Å². The zero-order valence-electron chi connectivity index (χ0n) is 16.9. The standard InChI is InChI=1S/C20H31N3O4S/c1-4-8-15(3)22-19(24)17-10-7-12-23(14-17)20(25)16-9-6-11-18(13-16)28(26,27)21-5-2/h6,9,11,13,15,17,21H,4-5,7-8,10,12,14H2,1-3H3,(H,22,24). The molecular formula is C20H31N3O4S. The maximum absolute atomic E-state index is 12.9. The highest BCUT2D eigenvalue weighted by Crippen LogP contribution is 2.20. The maximum atomic E-state index is 12.9. The van der Waals surface area contributed by atoms with Gasteiger partial charge in [-0.15, -0.1) is 0 Å². The molecule has 1 saturated heterocycles. The maximum Gasteiger partial charge on any atom is 0.253 e. The summed E-state index contributed by atoms with van der Waals surface area (Å²) >= 11 is 0. The third-order valence-electron chi connectivity index (χ3n) is 4.92. The molecule has 1 aromatic carbocycles. The molecule has 2 rings (SSSR count). The lowest BCUT2D eigenvalue weighted by atomic mass is 9.96. The fourth-order valence-corrected chi connectivity index (χ4v) is 4.58. The van der Waals surface area contributed by atoms with Crippen LogP contribution in [0.25, 0.3) is 0 Å². The lowest BCUT2D eigenvalue weighted by Gasteiger charge is -2.32. The first-order valence-electron chi connectivity index (χ1n) is 9.97. The van der Waals surface area contributed by atoms with Crippen molar-refractivity contribution in [1.29, 1.82) is 0 Å². The summed E-state index contributed by atoms with van der Waals surface area (Å²) in [5.74, 6) is -0.486. The van der Waals surface area contributed by atoms with Gasteiger partial charge in [-0.05, 0) is 44.4 Å². The zero-order valence-corrected chi connectivity index (χ0v) is 17.7. The number of piperidine rings is 1. The molecule has 2 amide bonds. The van der Waals surface area contributed by atoms with Crippen LogP contribution in [-0.4, -0.2) is 50.8 Å². The molecule has 1 fully saturated rings. The van der Waals surface area contributed by atoms with Gasteiger partial charge in [0.05, 0.1) is 10.8 Å². The van der Waals surface area contributed by atoms with E-state index in [-0.39, 0.29) is 35.2 Å². The van der Waals surface area contributed by atoms with Crippen LogP contribution >= 0.6 is 0 Å². The molecule has 1 aliphatic heterocycles. The van der Waals surface area contributed by atoms with Gasteiger partial charge in [0.25, 0.3) is 5.91 Å². The molecule has 1 heterocycles. The highest BCUT2D eigenvalue weighted by Gasteiger charge is 2.29. The Labute approximate surface area is 167 Å². The van der Waals surface area contributed by atoms with Crippen molar-refractivity contribution < 1.29 is 18.0 Å². The van der Waals surface area contributed by atoms with Crippen molar-refractivity contribution in [2.24, 2.45) is 5.92 Å². The van der Waals surface area contributed by atoms with Gasteiger partial charge < -0.3 is 10.2 Å². The van der Waals surface area contributed by atoms with E-state index in [9.17, 15) is 18.0 Å². The number of nitrogens with zero attached hydrogens (tertiary/aromatic N) is 1. The minimum Gasteiger partial charge on any atom is -0.353 e. The highest BCUT2D eigenvalue weighted by atomic mass is 32.2. The summed E-state index contributed by atoms with van der Waals surface area (Å²) in [6, 6.07) is 6.17. The van der Waals surface area contributed by atoms with E-state index < -0.39 is 10.0 Å². The molecule has 2 N–H and O–H groups in total. The van der Waals surface area contributed by atoms with E-state index in [4.69, 9.17) is 0 Å². The summed E-state index contributed by atoms with van der Waals surface area (Å²) in [6.07, 6.45) is 3.43. The lowest BCUT2D eigenvalue weighted by Crippen LogP contribution is -2.47. The summed E-state index contributed by atoms with van der Waals surface area (Å²) in [6.45, 7) is 6.97. The molecule has 0 bridgehead atoms. The Kier molecular flexibility index (Phi) is 8.00. The van der Waals surface area contributed by atoms with Gasteiger partial charge in [-0.3, -0.25) is 9.59 Å². The first-order chi connectivity index (χ1) is 13.3. The molecule has 1 aliphatic rings. The fourth-order valence-electron chi connectivity index (χ4n) is 3.49. The highest BCUT2D eigenvalue weighted by molar-refractivity contribution is 7.89. The van der Waals surface area contributed by atoms with Crippen molar-refractivity contribution in [2.45, 2.75) is 57.4 Å². The molecule has 7 nitrogen and oxygen atoms in total. The third kappa shape index (κ3) is 5.78. The van der Waals surface area contributed by atoms with E-state index in [1.54, 1.807) is 24.0 Å². The van der Waals surface area contributed by atoms with Gasteiger partial charge in [-0.2, -0.15) is 0 Å². The van der Waals surface area contributed by atoms with E-state index in [2.05, 4.69) is 17.0 Å². The Morgan fingerprint density at radius 3 is 2.71 bits per heavy atom. The summed E-state index contributed by atoms with van der Waals surface area (Å²) in [5, 5.41) is 3.03. The number of hydrogen-bond acceptors (Lipinski definition) is 4. The van der Waals surface area contributed by atoms with Gasteiger partial charge in [-0.25, -0.2) is 13.1 Å². The first-order valence-corrected chi connectivity index (χ1v) is 11.5. The van der Waals surface area contributed by atoms with E-state index in [0.29, 0.717) is 18.7 Å². The number of carbonyl (C=O) groups excluding carboxylic acids is 2. The number of benzene rings is 1. The van der Waals surface area contributed by atoms with Crippen LogP contribution in [0.1, 0.15) is 56.8 Å². The fraction of sp³-hybridized carbons (Fsp3) is 0.600. The van der Waals surface area contributed by atoms with Gasteiger partial charge in [0, 0.05) is 31.2 Å². The first kappa shape index (κ1) is 22.4. The molecule has 0 aromatic heterocycles. The van der Waals surface area contributed by atoms with Crippen LogP contribution in [0.4, 0.5) is 0 Å². The molecule has 2 unspecified atom stereocenters. The second-order valence-corrected chi connectivity index (χ2v) is 9.08. The number of sulfonamides is 1. The minimum atomic E-state index is -3.63. The Bertz CT molecular complexity index is 794. The average Bonchev–Trinajstić information content (AvgIpc) is 2.67. The van der Waals surface area contributed by atoms with E-state index in [1.165, 1.54) is 12.1 Å². The number of carbonyl (C=O) groups is 2. The molecule has 0 aliphatic carbocycles. The second kappa shape index (κ2) is 10.0. The van der Waals surface area contributed by atoms with Gasteiger partial charge >= 0.3 is 0 Å². The van der Waals surface area contributed by atoms with E-state index in [1.807, 2.05) is 6.92 Å². The number of amides is 2. The summed E-state index contributed by atoms with van der Waals surface area (Å²) in [7, 11) is -3.63. The van der Waals surface area contributed by atoms with Gasteiger partial charge in [-0.1, -0.05) is 26.3 Å². The monoisotopic (exact) mass is 409 g/mol. The predicted octanol–water partition coefficient (Wildman–Crippen LogP) is 2.14. The summed E-state index contributed by atoms with van der Waals surface area (Å²) in [5.41, 5.74) is 0.319. The van der Waals surface area contributed by atoms with Crippen LogP contribution in [0, 0.1) is 5.92 Å². The number of nitrogens with one attached hydrogen (secondary N) is 2. The lowest BCUT2D eigenvalue weighted by molar-refractivity contribution is -0.127. The van der Waals surface area contributed by atoms with Crippen molar-refractivity contribution in [3.05, 3.63) is 29.8 Å². The molecule has 2 atom stereocenters. The van der Waals surface area contributed by atoms with Crippen molar-refractivity contribution >= 4 is 21.8 Å². The zero-order chi connectivity index (χ0) is 20.7. The quantitative estimate of drug-likeness (QED) is 0.688. The van der Waals surface area contributed by atoms with E-state index in [0.717, 1.165) is 25.7 Å². The molecule has 8 heteroatoms. The summed E-state index contributed by atoms with van der Waals surface area (Å²) < 4.78 is 26.8. The smallest absolute Gasteiger partial charge is 0.253 e. The van der Waals surface area contributed by atoms with Crippen LogP contribution in [0.15, 0.2) is 29.2 Å². The van der Waals surface area contributed by atoms with Crippen LogP contribution in [-0.2, 0) is 14.8 Å². The third-order valence-corrected chi connectivity index (χ3v) is 6.46. The van der Waals surface area contributed by atoms with Gasteiger partial charge in [0.2, 0.25) is 15.9 Å². The molecule has 0 radical (unpaired) electrons. The molecule has 0 spiro atoms. The topological polar surface area (TPSA) is 95.6 Å². The van der Waals surface area contributed by atoms with Crippen molar-refractivity contribution in [3.63, 3.8) is 0 Å². The molecule has 0 saturated carbocycles. The Hall–Kier alpha value is -1.93.